The van der Waals surface area contributed by atoms with Crippen molar-refractivity contribution in [2.24, 2.45) is 0 Å². The van der Waals surface area contributed by atoms with Gasteiger partial charge in [0.25, 0.3) is 0 Å². The SMILES string of the molecule is Nc1ncnc2c1ncn2[C@@H]1O[C@H](CSCCCNCc2ccc(-c3ccccc3)cc2)[C@@H](O)[C@H]1O. The number of hydrogen-bond donors (Lipinski definition) is 4. The van der Waals surface area contributed by atoms with Crippen LogP contribution in [0.2, 0.25) is 0 Å². The zero-order valence-electron chi connectivity index (χ0n) is 19.8. The van der Waals surface area contributed by atoms with Gasteiger partial charge >= 0.3 is 0 Å². The Morgan fingerprint density at radius 1 is 0.972 bits per heavy atom. The molecule has 0 bridgehead atoms. The molecule has 1 aliphatic heterocycles. The van der Waals surface area contributed by atoms with Gasteiger partial charge in [-0.3, -0.25) is 4.57 Å². The Kier molecular flexibility index (Phi) is 7.78. The fourth-order valence-electron chi connectivity index (χ4n) is 4.33. The molecule has 1 saturated heterocycles. The van der Waals surface area contributed by atoms with E-state index in [1.54, 1.807) is 16.3 Å². The third-order valence-electron chi connectivity index (χ3n) is 6.31. The van der Waals surface area contributed by atoms with Crippen LogP contribution in [0.1, 0.15) is 18.2 Å². The lowest BCUT2D eigenvalue weighted by Crippen LogP contribution is -2.32. The predicted octanol–water partition coefficient (Wildman–Crippen LogP) is 2.61. The summed E-state index contributed by atoms with van der Waals surface area (Å²) in [5.41, 5.74) is 10.5. The quantitative estimate of drug-likeness (QED) is 0.240. The van der Waals surface area contributed by atoms with Crippen molar-refractivity contribution < 1.29 is 14.9 Å². The molecule has 3 heterocycles. The van der Waals surface area contributed by atoms with Gasteiger partial charge in [0, 0.05) is 12.3 Å². The minimum absolute atomic E-state index is 0.261. The molecule has 1 aliphatic rings. The second-order valence-electron chi connectivity index (χ2n) is 8.80. The van der Waals surface area contributed by atoms with Crippen LogP contribution in [0.15, 0.2) is 67.3 Å². The van der Waals surface area contributed by atoms with Crippen molar-refractivity contribution in [3.05, 3.63) is 72.8 Å². The van der Waals surface area contributed by atoms with Crippen molar-refractivity contribution in [2.75, 3.05) is 23.8 Å². The van der Waals surface area contributed by atoms with E-state index in [9.17, 15) is 10.2 Å². The maximum atomic E-state index is 10.6. The summed E-state index contributed by atoms with van der Waals surface area (Å²) in [6.07, 6.45) is 0.503. The number of aliphatic hydroxyl groups is 2. The molecule has 9 nitrogen and oxygen atoms in total. The summed E-state index contributed by atoms with van der Waals surface area (Å²) >= 11 is 1.70. The number of nitrogens with two attached hydrogens (primary N) is 1. The summed E-state index contributed by atoms with van der Waals surface area (Å²) in [5, 5.41) is 24.6. The van der Waals surface area contributed by atoms with Gasteiger partial charge in [-0.05, 0) is 35.4 Å². The minimum Gasteiger partial charge on any atom is -0.387 e. The maximum absolute atomic E-state index is 10.6. The van der Waals surface area contributed by atoms with Crippen molar-refractivity contribution in [1.29, 1.82) is 0 Å². The molecule has 1 fully saturated rings. The summed E-state index contributed by atoms with van der Waals surface area (Å²) in [4.78, 5) is 12.3. The molecule has 36 heavy (non-hydrogen) atoms. The van der Waals surface area contributed by atoms with Crippen LogP contribution >= 0.6 is 11.8 Å². The number of aromatic nitrogens is 4. The third kappa shape index (κ3) is 5.37. The molecule has 0 saturated carbocycles. The zero-order valence-corrected chi connectivity index (χ0v) is 20.6. The van der Waals surface area contributed by atoms with E-state index < -0.39 is 24.5 Å². The Bertz CT molecular complexity index is 1270. The molecule has 0 amide bonds. The van der Waals surface area contributed by atoms with Crippen LogP contribution in [-0.2, 0) is 11.3 Å². The number of imidazole rings is 1. The van der Waals surface area contributed by atoms with Crippen LogP contribution in [0.3, 0.4) is 0 Å². The molecule has 0 unspecified atom stereocenters. The number of nitrogens with one attached hydrogen (secondary N) is 1. The van der Waals surface area contributed by atoms with Crippen molar-refractivity contribution in [3.8, 4) is 11.1 Å². The lowest BCUT2D eigenvalue weighted by Gasteiger charge is -2.16. The molecule has 5 N–H and O–H groups in total. The average molecular weight is 507 g/mol. The minimum atomic E-state index is -1.08. The number of rotatable bonds is 10. The van der Waals surface area contributed by atoms with E-state index in [1.807, 2.05) is 6.07 Å². The van der Waals surface area contributed by atoms with Gasteiger partial charge in [-0.15, -0.1) is 0 Å². The van der Waals surface area contributed by atoms with E-state index >= 15 is 0 Å². The first kappa shape index (κ1) is 24.7. The highest BCUT2D eigenvalue weighted by Crippen LogP contribution is 2.33. The number of benzene rings is 2. The Morgan fingerprint density at radius 3 is 2.56 bits per heavy atom. The summed E-state index contributed by atoms with van der Waals surface area (Å²) in [7, 11) is 0. The van der Waals surface area contributed by atoms with Crippen molar-refractivity contribution >= 4 is 28.7 Å². The molecule has 2 aromatic carbocycles. The second-order valence-corrected chi connectivity index (χ2v) is 9.95. The lowest BCUT2D eigenvalue weighted by molar-refractivity contribution is -0.0289. The summed E-state index contributed by atoms with van der Waals surface area (Å²) in [6, 6.07) is 19.0. The van der Waals surface area contributed by atoms with E-state index in [0.717, 1.165) is 25.3 Å². The number of hydrogen-bond acceptors (Lipinski definition) is 9. The van der Waals surface area contributed by atoms with Crippen LogP contribution in [-0.4, -0.2) is 66.1 Å². The number of fused-ring (bicyclic) bond motifs is 1. The Balaban J connectivity index is 1.03. The van der Waals surface area contributed by atoms with E-state index in [0.29, 0.717) is 16.9 Å². The molecular weight excluding hydrogens is 476 g/mol. The van der Waals surface area contributed by atoms with E-state index in [4.69, 9.17) is 10.5 Å². The maximum Gasteiger partial charge on any atom is 0.167 e. The van der Waals surface area contributed by atoms with E-state index in [-0.39, 0.29) is 5.82 Å². The number of nitrogens with zero attached hydrogens (tertiary/aromatic N) is 4. The Labute approximate surface area is 213 Å². The van der Waals surface area contributed by atoms with Gasteiger partial charge in [0.15, 0.2) is 17.7 Å². The van der Waals surface area contributed by atoms with Gasteiger partial charge in [0.2, 0.25) is 0 Å². The van der Waals surface area contributed by atoms with Crippen LogP contribution in [0, 0.1) is 0 Å². The van der Waals surface area contributed by atoms with Crippen molar-refractivity contribution in [2.45, 2.75) is 37.5 Å². The highest BCUT2D eigenvalue weighted by Gasteiger charge is 2.44. The number of thioether (sulfide) groups is 1. The monoisotopic (exact) mass is 506 g/mol. The summed E-state index contributed by atoms with van der Waals surface area (Å²) in [6.45, 7) is 1.72. The van der Waals surface area contributed by atoms with Gasteiger partial charge in [0.1, 0.15) is 24.1 Å². The summed E-state index contributed by atoms with van der Waals surface area (Å²) < 4.78 is 7.59. The topological polar surface area (TPSA) is 131 Å². The molecule has 4 aromatic rings. The summed E-state index contributed by atoms with van der Waals surface area (Å²) in [5.74, 6) is 1.77. The molecule has 0 aliphatic carbocycles. The first-order valence-electron chi connectivity index (χ1n) is 12.0. The average Bonchev–Trinajstić information content (AvgIpc) is 3.46. The first-order chi connectivity index (χ1) is 17.6. The van der Waals surface area contributed by atoms with Crippen LogP contribution < -0.4 is 11.1 Å². The molecule has 0 radical (unpaired) electrons. The van der Waals surface area contributed by atoms with Crippen LogP contribution in [0.4, 0.5) is 5.82 Å². The Hall–Kier alpha value is -3.02. The number of nitrogen functional groups attached to an aromatic ring is 1. The standard InChI is InChI=1S/C26H30N6O3S/c27-24-21-25(30-15-29-24)32(16-31-21)26-23(34)22(33)20(35-26)14-36-12-4-11-28-13-17-7-9-19(10-8-17)18-5-2-1-3-6-18/h1-3,5-10,15-16,20,22-23,26,28,33-34H,4,11-14H2,(H2,27,29,30)/t20-,22-,23-,26-/m1/s1. The molecule has 188 valence electrons. The highest BCUT2D eigenvalue weighted by molar-refractivity contribution is 7.99. The van der Waals surface area contributed by atoms with Crippen LogP contribution in [0.5, 0.6) is 0 Å². The van der Waals surface area contributed by atoms with Crippen LogP contribution in [0.25, 0.3) is 22.3 Å². The van der Waals surface area contributed by atoms with E-state index in [1.165, 1.54) is 29.3 Å². The third-order valence-corrected chi connectivity index (χ3v) is 7.45. The first-order valence-corrected chi connectivity index (χ1v) is 13.1. The number of aliphatic hydroxyl groups excluding tert-OH is 2. The predicted molar refractivity (Wildman–Crippen MR) is 141 cm³/mol. The fraction of sp³-hybridized carbons (Fsp3) is 0.346. The van der Waals surface area contributed by atoms with Gasteiger partial charge in [-0.2, -0.15) is 11.8 Å². The molecule has 5 rings (SSSR count). The largest absolute Gasteiger partial charge is 0.387 e. The van der Waals surface area contributed by atoms with Crippen molar-refractivity contribution in [1.82, 2.24) is 24.8 Å². The number of ether oxygens (including phenoxy) is 1. The second kappa shape index (κ2) is 11.4. The molecule has 4 atom stereocenters. The van der Waals surface area contributed by atoms with Gasteiger partial charge in [-0.25, -0.2) is 15.0 Å². The normalized spacial score (nSPS) is 21.8. The molecule has 10 heteroatoms. The lowest BCUT2D eigenvalue weighted by atomic mass is 10.0. The van der Waals surface area contributed by atoms with Gasteiger partial charge < -0.3 is 26.0 Å². The zero-order chi connectivity index (χ0) is 24.9. The smallest absolute Gasteiger partial charge is 0.167 e. The molecule has 2 aromatic heterocycles. The van der Waals surface area contributed by atoms with Crippen molar-refractivity contribution in [3.63, 3.8) is 0 Å². The fourth-order valence-corrected chi connectivity index (χ4v) is 5.35. The highest BCUT2D eigenvalue weighted by atomic mass is 32.2. The molecule has 0 spiro atoms. The Morgan fingerprint density at radius 2 is 1.75 bits per heavy atom. The van der Waals surface area contributed by atoms with Gasteiger partial charge in [0.05, 0.1) is 12.4 Å². The molecular formula is C26H30N6O3S. The number of anilines is 1. The van der Waals surface area contributed by atoms with E-state index in [2.05, 4.69) is 68.8 Å². The van der Waals surface area contributed by atoms with Gasteiger partial charge in [-0.1, -0.05) is 54.6 Å².